The smallest absolute Gasteiger partial charge is 0.264 e. The van der Waals surface area contributed by atoms with E-state index in [1.807, 2.05) is 6.07 Å². The lowest BCUT2D eigenvalue weighted by Gasteiger charge is -2.21. The Kier molecular flexibility index (Phi) is 3.63. The van der Waals surface area contributed by atoms with Crippen LogP contribution in [0.1, 0.15) is 11.1 Å². The molecule has 1 N–H and O–H groups in total. The average molecular weight is 376 g/mol. The van der Waals surface area contributed by atoms with Crippen LogP contribution >= 0.6 is 11.6 Å². The highest BCUT2D eigenvalue weighted by molar-refractivity contribution is 7.93. The predicted octanol–water partition coefficient (Wildman–Crippen LogP) is 3.08. The van der Waals surface area contributed by atoms with Gasteiger partial charge in [0.15, 0.2) is 0 Å². The van der Waals surface area contributed by atoms with Gasteiger partial charge >= 0.3 is 0 Å². The normalized spacial score (nSPS) is 14.1. The average Bonchev–Trinajstić information content (AvgIpc) is 2.97. The van der Waals surface area contributed by atoms with E-state index in [2.05, 4.69) is 0 Å². The molecule has 1 aromatic heterocycles. The van der Waals surface area contributed by atoms with Crippen molar-refractivity contribution in [2.45, 2.75) is 18.2 Å². The number of pyridine rings is 1. The van der Waals surface area contributed by atoms with Crippen LogP contribution in [0.2, 0.25) is 5.02 Å². The highest BCUT2D eigenvalue weighted by Crippen LogP contribution is 2.36. The maximum atomic E-state index is 13.4. The highest BCUT2D eigenvalue weighted by Gasteiger charge is 2.32. The molecule has 0 aliphatic carbocycles. The van der Waals surface area contributed by atoms with E-state index in [9.17, 15) is 13.6 Å². The topological polar surface area (TPSA) is 61.5 Å². The van der Waals surface area contributed by atoms with Gasteiger partial charge in [0.1, 0.15) is 0 Å². The van der Waals surface area contributed by atoms with Gasteiger partial charge in [0, 0.05) is 27.2 Å². The molecular formula is C18H16ClN2O3S+. The Morgan fingerprint density at radius 2 is 2.00 bits per heavy atom. The summed E-state index contributed by atoms with van der Waals surface area (Å²) in [6.07, 6.45) is 3.65. The molecule has 0 unspecified atom stereocenters. The first-order valence-electron chi connectivity index (χ1n) is 7.83. The van der Waals surface area contributed by atoms with Crippen LogP contribution in [0.5, 0.6) is 0 Å². The molecule has 3 aromatic rings. The van der Waals surface area contributed by atoms with Gasteiger partial charge in [-0.05, 0) is 43.2 Å². The number of sulfonamides is 1. The van der Waals surface area contributed by atoms with E-state index < -0.39 is 10.0 Å². The number of anilines is 1. The van der Waals surface area contributed by atoms with Gasteiger partial charge in [-0.3, -0.25) is 9.51 Å². The van der Waals surface area contributed by atoms with Crippen LogP contribution in [0, 0.1) is 6.92 Å². The molecule has 0 spiro atoms. The molecule has 5 nitrogen and oxygen atoms in total. The van der Waals surface area contributed by atoms with Crippen molar-refractivity contribution in [1.82, 2.24) is 0 Å². The fourth-order valence-corrected chi connectivity index (χ4v) is 5.38. The lowest BCUT2D eigenvalue weighted by molar-refractivity contribution is -0.904. The Bertz CT molecular complexity index is 1110. The summed E-state index contributed by atoms with van der Waals surface area (Å²) >= 11 is 6.07. The molecule has 0 saturated heterocycles. The lowest BCUT2D eigenvalue weighted by Crippen LogP contribution is -2.31. The minimum atomic E-state index is -3.75. The monoisotopic (exact) mass is 375 g/mol. The summed E-state index contributed by atoms with van der Waals surface area (Å²) in [5, 5.41) is 11.5. The lowest BCUT2D eigenvalue weighted by atomic mass is 10.1. The molecule has 0 radical (unpaired) electrons. The van der Waals surface area contributed by atoms with Crippen LogP contribution in [0.15, 0.2) is 53.7 Å². The molecule has 7 heteroatoms. The second-order valence-electron chi connectivity index (χ2n) is 6.14. The first-order chi connectivity index (χ1) is 11.9. The fraction of sp³-hybridized carbons (Fsp3) is 0.167. The molecular weight excluding hydrogens is 360 g/mol. The molecule has 0 fully saturated rings. The maximum Gasteiger partial charge on any atom is 0.264 e. The summed E-state index contributed by atoms with van der Waals surface area (Å²) in [5.74, 6) is 0. The fourth-order valence-electron chi connectivity index (χ4n) is 3.43. The van der Waals surface area contributed by atoms with Crippen LogP contribution in [-0.4, -0.2) is 20.2 Å². The maximum absolute atomic E-state index is 13.4. The number of aromatic nitrogens is 1. The zero-order chi connectivity index (χ0) is 17.8. The third-order valence-electron chi connectivity index (χ3n) is 4.52. The van der Waals surface area contributed by atoms with Crippen LogP contribution in [-0.2, 0) is 16.4 Å². The Labute approximate surface area is 150 Å². The van der Waals surface area contributed by atoms with E-state index in [1.54, 1.807) is 37.3 Å². The first-order valence-corrected chi connectivity index (χ1v) is 9.65. The highest BCUT2D eigenvalue weighted by atomic mass is 35.5. The van der Waals surface area contributed by atoms with Crippen LogP contribution in [0.3, 0.4) is 0 Å². The number of halogens is 1. The van der Waals surface area contributed by atoms with Crippen molar-refractivity contribution in [3.63, 3.8) is 0 Å². The Hall–Kier alpha value is -2.31. The number of aryl methyl sites for hydroxylation is 1. The summed E-state index contributed by atoms with van der Waals surface area (Å²) < 4.78 is 29.1. The van der Waals surface area contributed by atoms with E-state index in [0.29, 0.717) is 40.0 Å². The Balaban J connectivity index is 1.94. The van der Waals surface area contributed by atoms with E-state index in [4.69, 9.17) is 11.6 Å². The van der Waals surface area contributed by atoms with Gasteiger partial charge in [-0.2, -0.15) is 0 Å². The molecule has 25 heavy (non-hydrogen) atoms. The molecule has 0 saturated carbocycles. The SMILES string of the molecule is Cc1c[n+](O)cc2cccc(S(=O)(=O)N3CCc4ccc(Cl)cc43)c12. The second kappa shape index (κ2) is 5.61. The number of fused-ring (bicyclic) bond motifs is 2. The second-order valence-corrected chi connectivity index (χ2v) is 8.41. The number of rotatable bonds is 2. The van der Waals surface area contributed by atoms with Gasteiger partial charge < -0.3 is 0 Å². The minimum absolute atomic E-state index is 0.232. The molecule has 0 amide bonds. The van der Waals surface area contributed by atoms with Gasteiger partial charge in [-0.1, -0.05) is 23.7 Å². The molecule has 2 aromatic carbocycles. The van der Waals surface area contributed by atoms with Crippen LogP contribution < -0.4 is 9.04 Å². The largest absolute Gasteiger partial charge is 0.285 e. The van der Waals surface area contributed by atoms with Gasteiger partial charge in [0.05, 0.1) is 16.0 Å². The molecule has 0 bridgehead atoms. The number of benzene rings is 2. The molecule has 128 valence electrons. The molecule has 0 atom stereocenters. The first kappa shape index (κ1) is 16.2. The summed E-state index contributed by atoms with van der Waals surface area (Å²) in [4.78, 5) is 0.232. The standard InChI is InChI=1S/C18H16ClN2O3S/c1-12-10-20(22)11-14-3-2-4-17(18(12)14)25(23,24)21-8-7-13-5-6-15(19)9-16(13)21/h2-6,9-11,22H,7-8H2,1H3/q+1. The van der Waals surface area contributed by atoms with E-state index in [-0.39, 0.29) is 4.90 Å². The predicted molar refractivity (Wildman–Crippen MR) is 95.8 cm³/mol. The molecule has 2 heterocycles. The Morgan fingerprint density at radius 3 is 2.80 bits per heavy atom. The summed E-state index contributed by atoms with van der Waals surface area (Å²) in [6.45, 7) is 2.17. The summed E-state index contributed by atoms with van der Waals surface area (Å²) in [6, 6.07) is 10.4. The number of nitrogens with zero attached hydrogens (tertiary/aromatic N) is 2. The van der Waals surface area contributed by atoms with Gasteiger partial charge in [0.2, 0.25) is 12.4 Å². The van der Waals surface area contributed by atoms with Crippen molar-refractivity contribution < 1.29 is 18.4 Å². The van der Waals surface area contributed by atoms with Crippen molar-refractivity contribution in [2.24, 2.45) is 0 Å². The van der Waals surface area contributed by atoms with E-state index in [1.165, 1.54) is 16.7 Å². The van der Waals surface area contributed by atoms with Gasteiger partial charge in [0.25, 0.3) is 10.0 Å². The summed E-state index contributed by atoms with van der Waals surface area (Å²) in [5.41, 5.74) is 2.29. The number of hydrogen-bond acceptors (Lipinski definition) is 3. The van der Waals surface area contributed by atoms with Crippen molar-refractivity contribution >= 4 is 38.1 Å². The van der Waals surface area contributed by atoms with Crippen LogP contribution in [0.4, 0.5) is 5.69 Å². The molecule has 1 aliphatic rings. The van der Waals surface area contributed by atoms with Crippen molar-refractivity contribution in [3.05, 3.63) is 64.9 Å². The molecule has 1 aliphatic heterocycles. The van der Waals surface area contributed by atoms with Crippen molar-refractivity contribution in [3.8, 4) is 0 Å². The third kappa shape index (κ3) is 2.53. The Morgan fingerprint density at radius 1 is 1.20 bits per heavy atom. The zero-order valence-electron chi connectivity index (χ0n) is 13.5. The van der Waals surface area contributed by atoms with Gasteiger partial charge in [-0.15, -0.1) is 0 Å². The number of hydrogen-bond donors (Lipinski definition) is 1. The van der Waals surface area contributed by atoms with E-state index >= 15 is 0 Å². The van der Waals surface area contributed by atoms with E-state index in [0.717, 1.165) is 10.3 Å². The third-order valence-corrected chi connectivity index (χ3v) is 6.61. The molecule has 4 rings (SSSR count). The summed E-state index contributed by atoms with van der Waals surface area (Å²) in [7, 11) is -3.75. The minimum Gasteiger partial charge on any atom is -0.285 e. The van der Waals surface area contributed by atoms with Crippen molar-refractivity contribution in [2.75, 3.05) is 10.8 Å². The van der Waals surface area contributed by atoms with Crippen LogP contribution in [0.25, 0.3) is 10.8 Å². The zero-order valence-corrected chi connectivity index (χ0v) is 15.0. The quantitative estimate of drug-likeness (QED) is 0.553. The van der Waals surface area contributed by atoms with Crippen molar-refractivity contribution in [1.29, 1.82) is 0 Å². The van der Waals surface area contributed by atoms with Gasteiger partial charge in [-0.25, -0.2) is 8.42 Å².